The first-order chi connectivity index (χ1) is 6.82. The molecule has 0 aliphatic rings. The molecule has 0 fully saturated rings. The van der Waals surface area contributed by atoms with Crippen molar-refractivity contribution in [2.75, 3.05) is 13.2 Å². The zero-order chi connectivity index (χ0) is 12.2. The molecule has 0 heterocycles. The van der Waals surface area contributed by atoms with Crippen LogP contribution in [0, 0.1) is 0 Å². The first-order valence-corrected chi connectivity index (χ1v) is 3.80. The van der Waals surface area contributed by atoms with Gasteiger partial charge in [-0.25, -0.2) is 0 Å². The average molecular weight is 211 g/mol. The molecule has 0 aliphatic heterocycles. The van der Waals surface area contributed by atoms with Crippen molar-refractivity contribution in [3.8, 4) is 0 Å². The number of ketones is 1. The summed E-state index contributed by atoms with van der Waals surface area (Å²) in [6, 6.07) is 0. The highest BCUT2D eigenvalue weighted by atomic mass is 16.4. The van der Waals surface area contributed by atoms with Crippen molar-refractivity contribution < 1.29 is 36.8 Å². The van der Waals surface area contributed by atoms with Crippen molar-refractivity contribution in [2.45, 2.75) is 24.4 Å². The Morgan fingerprint density at radius 1 is 1.07 bits per heavy atom. The Kier molecular flexibility index (Phi) is 4.94. The third-order valence-corrected chi connectivity index (χ3v) is 1.61. The Morgan fingerprint density at radius 2 is 1.50 bits per heavy atom. The van der Waals surface area contributed by atoms with E-state index in [1.807, 2.05) is 0 Å². The summed E-state index contributed by atoms with van der Waals surface area (Å²) in [6.07, 6.45) is -8.16. The van der Waals surface area contributed by atoms with Gasteiger partial charge in [0.1, 0.15) is 24.4 Å². The number of hydrogen-bond donors (Lipinski definition) is 6. The minimum Gasteiger partial charge on any atom is -0.394 e. The van der Waals surface area contributed by atoms with Crippen LogP contribution in [0.15, 0.2) is 0 Å². The Hall–Kier alpha value is -0.570. The Bertz CT molecular complexity index is 210. The first kappa shape index (κ1) is 11.5. The summed E-state index contributed by atoms with van der Waals surface area (Å²) in [6.45, 7) is -3.01. The van der Waals surface area contributed by atoms with Gasteiger partial charge in [0.25, 0.3) is 0 Å². The monoisotopic (exact) mass is 211 g/mol. The molecule has 0 bridgehead atoms. The van der Waals surface area contributed by atoms with Crippen molar-refractivity contribution in [3.05, 3.63) is 0 Å². The molecule has 0 aromatic rings. The van der Waals surface area contributed by atoms with Crippen LogP contribution in [0.3, 0.4) is 0 Å². The molecule has 0 amide bonds. The zero-order valence-corrected chi connectivity index (χ0v) is 7.19. The Labute approximate surface area is 81.3 Å². The van der Waals surface area contributed by atoms with E-state index < -0.39 is 43.4 Å². The number of carbonyl (C=O) groups is 1. The Morgan fingerprint density at radius 3 is 1.86 bits per heavy atom. The SMILES string of the molecule is [2H]C(O)C(O)C(O)C(=O)C(O)C(O)CO. The maximum Gasteiger partial charge on any atom is 0.195 e. The molecule has 84 valence electrons. The third-order valence-electron chi connectivity index (χ3n) is 1.61. The van der Waals surface area contributed by atoms with Crippen LogP contribution >= 0.6 is 0 Å². The van der Waals surface area contributed by atoms with E-state index in [1.165, 1.54) is 0 Å². The molecule has 0 saturated carbocycles. The molecule has 0 radical (unpaired) electrons. The van der Waals surface area contributed by atoms with Gasteiger partial charge in [0, 0.05) is 0 Å². The van der Waals surface area contributed by atoms with Crippen LogP contribution in [0.4, 0.5) is 0 Å². The summed E-state index contributed by atoms with van der Waals surface area (Å²) >= 11 is 0. The van der Waals surface area contributed by atoms with E-state index in [4.69, 9.17) is 32.0 Å². The molecule has 0 spiro atoms. The molecule has 0 aromatic carbocycles. The molecule has 7 heteroatoms. The van der Waals surface area contributed by atoms with Crippen LogP contribution in [-0.4, -0.2) is 74.0 Å². The molecule has 0 aliphatic carbocycles. The van der Waals surface area contributed by atoms with E-state index in [1.54, 1.807) is 0 Å². The highest BCUT2D eigenvalue weighted by Gasteiger charge is 2.32. The lowest BCUT2D eigenvalue weighted by atomic mass is 10.0. The molecule has 7 nitrogen and oxygen atoms in total. The second-order valence-electron chi connectivity index (χ2n) is 2.68. The van der Waals surface area contributed by atoms with Gasteiger partial charge in [-0.3, -0.25) is 4.79 Å². The van der Waals surface area contributed by atoms with Crippen molar-refractivity contribution in [2.24, 2.45) is 0 Å². The fourth-order valence-corrected chi connectivity index (χ4v) is 0.714. The van der Waals surface area contributed by atoms with Gasteiger partial charge in [-0.1, -0.05) is 0 Å². The second kappa shape index (κ2) is 6.02. The van der Waals surface area contributed by atoms with Gasteiger partial charge in [-0.05, 0) is 0 Å². The summed E-state index contributed by atoms with van der Waals surface area (Å²) in [7, 11) is 0. The van der Waals surface area contributed by atoms with Crippen molar-refractivity contribution in [3.63, 3.8) is 0 Å². The lowest BCUT2D eigenvalue weighted by molar-refractivity contribution is -0.150. The minimum absolute atomic E-state index is 0.904. The molecule has 0 aromatic heterocycles. The molecule has 5 atom stereocenters. The quantitative estimate of drug-likeness (QED) is 0.263. The van der Waals surface area contributed by atoms with Crippen LogP contribution < -0.4 is 0 Å². The molecule has 6 N–H and O–H groups in total. The predicted molar refractivity (Wildman–Crippen MR) is 43.2 cm³/mol. The first-order valence-electron chi connectivity index (χ1n) is 4.37. The number of aliphatic hydroxyl groups excluding tert-OH is 6. The van der Waals surface area contributed by atoms with Crippen molar-refractivity contribution in [1.82, 2.24) is 0 Å². The number of aliphatic hydroxyl groups is 6. The minimum atomic E-state index is -2.20. The Balaban J connectivity index is 4.43. The fraction of sp³-hybridized carbons (Fsp3) is 0.857. The van der Waals surface area contributed by atoms with Gasteiger partial charge in [0.15, 0.2) is 5.78 Å². The van der Waals surface area contributed by atoms with Crippen LogP contribution in [0.25, 0.3) is 0 Å². The van der Waals surface area contributed by atoms with E-state index in [2.05, 4.69) is 0 Å². The summed E-state index contributed by atoms with van der Waals surface area (Å²) < 4.78 is 6.60. The van der Waals surface area contributed by atoms with Crippen LogP contribution in [0.5, 0.6) is 0 Å². The number of rotatable bonds is 6. The highest BCUT2D eigenvalue weighted by molar-refractivity contribution is 5.88. The number of carbonyl (C=O) groups excluding carboxylic acids is 1. The lowest BCUT2D eigenvalue weighted by Crippen LogP contribution is -2.47. The standard InChI is InChI=1S/C7H14O7/c8-1-3(10)5(12)7(14)6(13)4(11)2-9/h3-6,8-13H,1-2H2/i1D. The third kappa shape index (κ3) is 3.29. The van der Waals surface area contributed by atoms with E-state index in [0.717, 1.165) is 0 Å². The van der Waals surface area contributed by atoms with E-state index in [0.29, 0.717) is 0 Å². The van der Waals surface area contributed by atoms with Crippen molar-refractivity contribution >= 4 is 5.78 Å². The zero-order valence-electron chi connectivity index (χ0n) is 8.19. The lowest BCUT2D eigenvalue weighted by Gasteiger charge is -2.20. The highest BCUT2D eigenvalue weighted by Crippen LogP contribution is 2.02. The number of Topliss-reactive ketones (excluding diaryl/α,β-unsaturated/α-hetero) is 1. The summed E-state index contributed by atoms with van der Waals surface area (Å²) in [5.74, 6) is -1.38. The fourth-order valence-electron chi connectivity index (χ4n) is 0.714. The van der Waals surface area contributed by atoms with Gasteiger partial charge in [0.05, 0.1) is 14.6 Å². The molecular formula is C7H14O7. The largest absolute Gasteiger partial charge is 0.394 e. The van der Waals surface area contributed by atoms with Crippen LogP contribution in [0.2, 0.25) is 0 Å². The topological polar surface area (TPSA) is 138 Å². The predicted octanol–water partition coefficient (Wildman–Crippen LogP) is -4.02. The van der Waals surface area contributed by atoms with Gasteiger partial charge < -0.3 is 30.6 Å². The van der Waals surface area contributed by atoms with Gasteiger partial charge in [-0.2, -0.15) is 0 Å². The van der Waals surface area contributed by atoms with Gasteiger partial charge in [0.2, 0.25) is 0 Å². The van der Waals surface area contributed by atoms with Crippen molar-refractivity contribution in [1.29, 1.82) is 0 Å². The molecular weight excluding hydrogens is 196 g/mol. The van der Waals surface area contributed by atoms with Gasteiger partial charge in [-0.15, -0.1) is 0 Å². The summed E-state index contributed by atoms with van der Waals surface area (Å²) in [5.41, 5.74) is 0. The van der Waals surface area contributed by atoms with E-state index in [9.17, 15) is 4.79 Å². The molecule has 5 unspecified atom stereocenters. The summed E-state index contributed by atoms with van der Waals surface area (Å²) in [4.78, 5) is 11.1. The smallest absolute Gasteiger partial charge is 0.195 e. The molecule has 0 rings (SSSR count). The number of hydrogen-bond acceptors (Lipinski definition) is 7. The van der Waals surface area contributed by atoms with Gasteiger partial charge >= 0.3 is 0 Å². The molecule has 14 heavy (non-hydrogen) atoms. The maximum atomic E-state index is 11.1. The summed E-state index contributed by atoms with van der Waals surface area (Å²) in [5, 5.41) is 52.7. The van der Waals surface area contributed by atoms with Crippen LogP contribution in [-0.2, 0) is 4.79 Å². The maximum absolute atomic E-state index is 11.1. The van der Waals surface area contributed by atoms with E-state index in [-0.39, 0.29) is 0 Å². The normalized spacial score (nSPS) is 23.1. The van der Waals surface area contributed by atoms with Crippen LogP contribution in [0.1, 0.15) is 1.37 Å². The average Bonchev–Trinajstić information content (AvgIpc) is 2.23. The second-order valence-corrected chi connectivity index (χ2v) is 2.68. The molecule has 0 saturated heterocycles. The van der Waals surface area contributed by atoms with E-state index >= 15 is 0 Å².